The van der Waals surface area contributed by atoms with E-state index in [-0.39, 0.29) is 0 Å². The molecule has 0 aliphatic rings. The number of nitrogens with two attached hydrogens (primary N) is 1. The van der Waals surface area contributed by atoms with Gasteiger partial charge in [-0.2, -0.15) is 5.10 Å². The van der Waals surface area contributed by atoms with Gasteiger partial charge < -0.3 is 10.5 Å². The van der Waals surface area contributed by atoms with Crippen LogP contribution in [0, 0.1) is 0 Å². The van der Waals surface area contributed by atoms with Gasteiger partial charge in [-0.25, -0.2) is 14.3 Å². The Morgan fingerprint density at radius 2 is 2.20 bits per heavy atom. The summed E-state index contributed by atoms with van der Waals surface area (Å²) in [7, 11) is 1.33. The lowest BCUT2D eigenvalue weighted by atomic mass is 10.1. The number of esters is 1. The Kier molecular flexibility index (Phi) is 2.83. The largest absolute Gasteiger partial charge is 0.465 e. The van der Waals surface area contributed by atoms with Crippen molar-refractivity contribution in [3.8, 4) is 11.3 Å². The summed E-state index contributed by atoms with van der Waals surface area (Å²) in [6.45, 7) is 0. The first-order chi connectivity index (χ1) is 9.70. The van der Waals surface area contributed by atoms with Gasteiger partial charge in [0.05, 0.1) is 19.0 Å². The lowest BCUT2D eigenvalue weighted by Gasteiger charge is -2.05. The second-order valence-electron chi connectivity index (χ2n) is 4.24. The molecule has 0 fully saturated rings. The summed E-state index contributed by atoms with van der Waals surface area (Å²) < 4.78 is 6.31. The number of carbonyl (C=O) groups excluding carboxylic acids is 1. The van der Waals surface area contributed by atoms with Crippen molar-refractivity contribution >= 4 is 17.3 Å². The number of benzene rings is 1. The van der Waals surface area contributed by atoms with Gasteiger partial charge in [0, 0.05) is 17.4 Å². The normalized spacial score (nSPS) is 10.7. The first-order valence-electron chi connectivity index (χ1n) is 5.97. The molecule has 0 saturated heterocycles. The summed E-state index contributed by atoms with van der Waals surface area (Å²) in [5.74, 6) is -0.461. The molecule has 2 N–H and O–H groups in total. The smallest absolute Gasteiger partial charge is 0.343 e. The molecule has 2 aromatic heterocycles. The van der Waals surface area contributed by atoms with Crippen LogP contribution in [0.4, 0.5) is 5.69 Å². The summed E-state index contributed by atoms with van der Waals surface area (Å²) >= 11 is 0. The van der Waals surface area contributed by atoms with Crippen LogP contribution in [0.3, 0.4) is 0 Å². The van der Waals surface area contributed by atoms with Crippen LogP contribution < -0.4 is 5.73 Å². The highest BCUT2D eigenvalue weighted by Gasteiger charge is 2.16. The van der Waals surface area contributed by atoms with Crippen LogP contribution in [0.1, 0.15) is 10.4 Å². The van der Waals surface area contributed by atoms with Gasteiger partial charge >= 0.3 is 5.97 Å². The number of nitrogens with zero attached hydrogens (tertiary/aromatic N) is 3. The molecule has 0 aliphatic heterocycles. The fourth-order valence-electron chi connectivity index (χ4n) is 2.06. The number of rotatable bonds is 2. The molecule has 0 bridgehead atoms. The van der Waals surface area contributed by atoms with Gasteiger partial charge in [-0.3, -0.25) is 0 Å². The molecule has 3 rings (SSSR count). The third-order valence-corrected chi connectivity index (χ3v) is 2.99. The van der Waals surface area contributed by atoms with Gasteiger partial charge in [-0.1, -0.05) is 12.1 Å². The molecule has 0 unspecified atom stereocenters. The molecule has 20 heavy (non-hydrogen) atoms. The number of anilines is 1. The van der Waals surface area contributed by atoms with Crippen LogP contribution in [0.25, 0.3) is 16.9 Å². The molecule has 2 heterocycles. The van der Waals surface area contributed by atoms with Crippen LogP contribution in [0.15, 0.2) is 42.7 Å². The molecule has 6 nitrogen and oxygen atoms in total. The summed E-state index contributed by atoms with van der Waals surface area (Å²) in [6, 6.07) is 9.25. The Hall–Kier alpha value is -2.89. The molecule has 0 radical (unpaired) electrons. The predicted octanol–water partition coefficient (Wildman–Crippen LogP) is 1.77. The fraction of sp³-hybridized carbons (Fsp3) is 0.0714. The number of fused-ring (bicyclic) bond motifs is 1. The third-order valence-electron chi connectivity index (χ3n) is 2.99. The molecule has 6 heteroatoms. The second-order valence-corrected chi connectivity index (χ2v) is 4.24. The van der Waals surface area contributed by atoms with Gasteiger partial charge in [0.1, 0.15) is 5.56 Å². The van der Waals surface area contributed by atoms with E-state index < -0.39 is 5.97 Å². The Bertz CT molecular complexity index is 795. The van der Waals surface area contributed by atoms with Crippen molar-refractivity contribution in [1.29, 1.82) is 0 Å². The van der Waals surface area contributed by atoms with Gasteiger partial charge in [0.15, 0.2) is 5.65 Å². The van der Waals surface area contributed by atoms with E-state index in [9.17, 15) is 4.79 Å². The molecular weight excluding hydrogens is 256 g/mol. The van der Waals surface area contributed by atoms with E-state index in [4.69, 9.17) is 10.5 Å². The van der Waals surface area contributed by atoms with E-state index in [1.54, 1.807) is 10.7 Å². The zero-order chi connectivity index (χ0) is 14.1. The van der Waals surface area contributed by atoms with Gasteiger partial charge in [0.2, 0.25) is 0 Å². The van der Waals surface area contributed by atoms with Crippen molar-refractivity contribution in [2.45, 2.75) is 0 Å². The number of ether oxygens (including phenoxy) is 1. The van der Waals surface area contributed by atoms with Crippen molar-refractivity contribution in [1.82, 2.24) is 14.6 Å². The second kappa shape index (κ2) is 4.65. The highest BCUT2D eigenvalue weighted by molar-refractivity contribution is 5.95. The van der Waals surface area contributed by atoms with Gasteiger partial charge in [-0.05, 0) is 18.2 Å². The summed E-state index contributed by atoms with van der Waals surface area (Å²) in [4.78, 5) is 15.8. The highest BCUT2D eigenvalue weighted by Crippen LogP contribution is 2.22. The topological polar surface area (TPSA) is 82.5 Å². The molecule has 0 amide bonds. The maximum Gasteiger partial charge on any atom is 0.343 e. The predicted molar refractivity (Wildman–Crippen MR) is 74.2 cm³/mol. The highest BCUT2D eigenvalue weighted by atomic mass is 16.5. The Labute approximate surface area is 114 Å². The summed E-state index contributed by atoms with van der Waals surface area (Å²) in [5, 5.41) is 4.21. The zero-order valence-corrected chi connectivity index (χ0v) is 10.8. The number of hydrogen-bond acceptors (Lipinski definition) is 5. The average Bonchev–Trinajstić information content (AvgIpc) is 2.90. The molecule has 0 saturated carbocycles. The Morgan fingerprint density at radius 1 is 1.35 bits per heavy atom. The van der Waals surface area contributed by atoms with E-state index in [1.165, 1.54) is 13.3 Å². The lowest BCUT2D eigenvalue weighted by Crippen LogP contribution is -2.02. The molecule has 1 aromatic carbocycles. The van der Waals surface area contributed by atoms with Crippen molar-refractivity contribution in [3.63, 3.8) is 0 Å². The standard InChI is InChI=1S/C14H12N4O2/c1-20-14(19)11-8-17-18-12(5-6-16-13(11)18)9-3-2-4-10(15)7-9/h2-8H,15H2,1H3. The van der Waals surface area contributed by atoms with Crippen molar-refractivity contribution in [2.75, 3.05) is 12.8 Å². The number of aromatic nitrogens is 3. The van der Waals surface area contributed by atoms with Crippen LogP contribution in [0.2, 0.25) is 0 Å². The first-order valence-corrected chi connectivity index (χ1v) is 5.97. The van der Waals surface area contributed by atoms with Gasteiger partial charge in [0.25, 0.3) is 0 Å². The fourth-order valence-corrected chi connectivity index (χ4v) is 2.06. The molecule has 0 spiro atoms. The number of carbonyl (C=O) groups is 1. The first kappa shape index (κ1) is 12.2. The number of hydrogen-bond donors (Lipinski definition) is 1. The molecule has 0 atom stereocenters. The van der Waals surface area contributed by atoms with Crippen LogP contribution >= 0.6 is 0 Å². The SMILES string of the molecule is COC(=O)c1cnn2c(-c3cccc(N)c3)ccnc12. The minimum atomic E-state index is -0.461. The van der Waals surface area contributed by atoms with Crippen molar-refractivity contribution in [2.24, 2.45) is 0 Å². The lowest BCUT2D eigenvalue weighted by molar-refractivity contribution is 0.0602. The van der Waals surface area contributed by atoms with E-state index in [0.717, 1.165) is 11.3 Å². The summed E-state index contributed by atoms with van der Waals surface area (Å²) in [5.41, 5.74) is 8.95. The zero-order valence-electron chi connectivity index (χ0n) is 10.8. The van der Waals surface area contributed by atoms with Crippen molar-refractivity contribution in [3.05, 3.63) is 48.3 Å². The van der Waals surface area contributed by atoms with E-state index >= 15 is 0 Å². The van der Waals surface area contributed by atoms with Crippen molar-refractivity contribution < 1.29 is 9.53 Å². The van der Waals surface area contributed by atoms with Crippen LogP contribution in [-0.4, -0.2) is 27.7 Å². The van der Waals surface area contributed by atoms with Gasteiger partial charge in [-0.15, -0.1) is 0 Å². The minimum absolute atomic E-state index is 0.332. The number of nitrogen functional groups attached to an aromatic ring is 1. The molecule has 3 aromatic rings. The Morgan fingerprint density at radius 3 is 2.95 bits per heavy atom. The molecule has 0 aliphatic carbocycles. The maximum atomic E-state index is 11.7. The molecule has 100 valence electrons. The van der Waals surface area contributed by atoms with Crippen LogP contribution in [-0.2, 0) is 4.74 Å². The maximum absolute atomic E-state index is 11.7. The average molecular weight is 268 g/mol. The van der Waals surface area contributed by atoms with E-state index in [0.29, 0.717) is 16.9 Å². The minimum Gasteiger partial charge on any atom is -0.465 e. The quantitative estimate of drug-likeness (QED) is 0.565. The van der Waals surface area contributed by atoms with Crippen LogP contribution in [0.5, 0.6) is 0 Å². The monoisotopic (exact) mass is 268 g/mol. The Balaban J connectivity index is 2.23. The summed E-state index contributed by atoms with van der Waals surface area (Å²) in [6.07, 6.45) is 3.08. The third kappa shape index (κ3) is 1.87. The molecular formula is C14H12N4O2. The van der Waals surface area contributed by atoms with E-state index in [1.807, 2.05) is 30.3 Å². The van der Waals surface area contributed by atoms with E-state index in [2.05, 4.69) is 10.1 Å². The number of methoxy groups -OCH3 is 1.